The molecular weight excluding hydrogens is 154 g/mol. The smallest absolute Gasteiger partial charge is 0.318 e. The van der Waals surface area contributed by atoms with Crippen LogP contribution in [-0.4, -0.2) is 35.7 Å². The van der Waals surface area contributed by atoms with Crippen molar-refractivity contribution in [2.75, 3.05) is 13.5 Å². The Hall–Kier alpha value is -1.14. The van der Waals surface area contributed by atoms with Crippen LogP contribution in [0.25, 0.3) is 0 Å². The minimum absolute atomic E-state index is 0.272. The molecule has 0 bridgehead atoms. The Labute approximate surface area is 62.3 Å². The van der Waals surface area contributed by atoms with Crippen molar-refractivity contribution in [1.29, 1.82) is 0 Å². The first kappa shape index (κ1) is 7.96. The van der Waals surface area contributed by atoms with E-state index in [1.807, 2.05) is 0 Å². The molecule has 1 heterocycles. The lowest BCUT2D eigenvalue weighted by Crippen LogP contribution is -2.32. The van der Waals surface area contributed by atoms with E-state index in [-0.39, 0.29) is 13.5 Å². The summed E-state index contributed by atoms with van der Waals surface area (Å²) in [5.41, 5.74) is 0. The van der Waals surface area contributed by atoms with Crippen LogP contribution in [0.5, 0.6) is 0 Å². The van der Waals surface area contributed by atoms with E-state index in [0.29, 0.717) is 5.06 Å². The van der Waals surface area contributed by atoms with Gasteiger partial charge in [0.2, 0.25) is 0 Å². The molecule has 0 unspecified atom stereocenters. The summed E-state index contributed by atoms with van der Waals surface area (Å²) in [6.45, 7) is -0.543. The van der Waals surface area contributed by atoms with E-state index in [1.54, 1.807) is 0 Å². The Balaban J connectivity index is 2.47. The van der Waals surface area contributed by atoms with Crippen molar-refractivity contribution < 1.29 is 24.3 Å². The molecule has 0 atom stereocenters. The van der Waals surface area contributed by atoms with Crippen molar-refractivity contribution in [1.82, 2.24) is 5.06 Å². The molecular formula is C5H7NO5. The van der Waals surface area contributed by atoms with E-state index >= 15 is 0 Å². The summed E-state index contributed by atoms with van der Waals surface area (Å²) in [6.07, 6.45) is -0.395. The van der Waals surface area contributed by atoms with E-state index in [4.69, 9.17) is 5.21 Å². The summed E-state index contributed by atoms with van der Waals surface area (Å²) < 4.78 is 8.80. The lowest BCUT2D eigenvalue weighted by molar-refractivity contribution is -0.221. The van der Waals surface area contributed by atoms with Crippen molar-refractivity contribution in [3.8, 4) is 0 Å². The second kappa shape index (κ2) is 3.31. The maximum absolute atomic E-state index is 10.5. The van der Waals surface area contributed by atoms with Crippen molar-refractivity contribution >= 4 is 11.9 Å². The average molecular weight is 161 g/mol. The van der Waals surface area contributed by atoms with Crippen LogP contribution >= 0.6 is 0 Å². The molecule has 0 spiro atoms. The molecule has 0 aliphatic carbocycles. The van der Waals surface area contributed by atoms with Crippen LogP contribution in [-0.2, 0) is 19.1 Å². The molecule has 1 rings (SSSR count). The van der Waals surface area contributed by atoms with Gasteiger partial charge in [-0.2, -0.15) is 0 Å². The Morgan fingerprint density at radius 2 is 1.64 bits per heavy atom. The number of hydrogen-bond acceptors (Lipinski definition) is 6. The first-order chi connectivity index (χ1) is 5.18. The molecule has 0 aromatic heterocycles. The summed E-state index contributed by atoms with van der Waals surface area (Å²) in [5, 5.41) is 9.31. The average Bonchev–Trinajstić information content (AvgIpc) is 1.95. The van der Waals surface area contributed by atoms with Gasteiger partial charge >= 0.3 is 11.9 Å². The zero-order valence-electron chi connectivity index (χ0n) is 5.65. The molecule has 6 nitrogen and oxygen atoms in total. The third-order valence-electron chi connectivity index (χ3n) is 1.04. The standard InChI is InChI=1S/C5H7NO5/c7-4-1-5(8)11-3-6(9)2-10-4/h9H,1-3H2. The Kier molecular flexibility index (Phi) is 2.40. The van der Waals surface area contributed by atoms with Gasteiger partial charge in [-0.25, -0.2) is 0 Å². The van der Waals surface area contributed by atoms with Gasteiger partial charge in [-0.05, 0) is 0 Å². The molecule has 62 valence electrons. The minimum atomic E-state index is -0.700. The third kappa shape index (κ3) is 2.52. The predicted octanol–water partition coefficient (Wildman–Crippen LogP) is -0.917. The van der Waals surface area contributed by atoms with Crippen LogP contribution in [0.1, 0.15) is 6.42 Å². The molecule has 0 aromatic carbocycles. The number of hydrogen-bond donors (Lipinski definition) is 1. The van der Waals surface area contributed by atoms with Crippen molar-refractivity contribution in [3.63, 3.8) is 0 Å². The maximum Gasteiger partial charge on any atom is 0.318 e. The molecule has 1 fully saturated rings. The van der Waals surface area contributed by atoms with Gasteiger partial charge in [0.25, 0.3) is 0 Å². The van der Waals surface area contributed by atoms with Crippen LogP contribution in [0.2, 0.25) is 0 Å². The fraction of sp³-hybridized carbons (Fsp3) is 0.600. The number of nitrogens with zero attached hydrogens (tertiary/aromatic N) is 1. The Morgan fingerprint density at radius 3 is 2.09 bits per heavy atom. The zero-order valence-corrected chi connectivity index (χ0v) is 5.65. The lowest BCUT2D eigenvalue weighted by atomic mass is 10.4. The normalized spacial score (nSPS) is 21.5. The van der Waals surface area contributed by atoms with E-state index in [1.165, 1.54) is 0 Å². The highest BCUT2D eigenvalue weighted by Gasteiger charge is 2.17. The number of carbonyl (C=O) groups is 2. The summed E-state index contributed by atoms with van der Waals surface area (Å²) in [7, 11) is 0. The third-order valence-corrected chi connectivity index (χ3v) is 1.04. The molecule has 6 heteroatoms. The number of esters is 2. The molecule has 1 aliphatic heterocycles. The van der Waals surface area contributed by atoms with E-state index < -0.39 is 18.4 Å². The fourth-order valence-corrected chi connectivity index (χ4v) is 0.550. The number of cyclic esters (lactones) is 2. The largest absolute Gasteiger partial charge is 0.447 e. The van der Waals surface area contributed by atoms with Crippen LogP contribution in [0.3, 0.4) is 0 Å². The summed E-state index contributed by atoms with van der Waals surface area (Å²) in [6, 6.07) is 0. The fourth-order valence-electron chi connectivity index (χ4n) is 0.550. The van der Waals surface area contributed by atoms with Gasteiger partial charge in [0, 0.05) is 0 Å². The number of hydroxylamine groups is 2. The van der Waals surface area contributed by atoms with E-state index in [2.05, 4.69) is 9.47 Å². The second-order valence-corrected chi connectivity index (χ2v) is 1.97. The van der Waals surface area contributed by atoms with Gasteiger partial charge in [-0.3, -0.25) is 9.59 Å². The summed E-state index contributed by atoms with van der Waals surface area (Å²) in [5.74, 6) is -1.40. The quantitative estimate of drug-likeness (QED) is 0.366. The van der Waals surface area contributed by atoms with Crippen LogP contribution in [0.15, 0.2) is 0 Å². The van der Waals surface area contributed by atoms with Gasteiger partial charge in [0.15, 0.2) is 13.5 Å². The van der Waals surface area contributed by atoms with Gasteiger partial charge in [-0.1, -0.05) is 0 Å². The zero-order chi connectivity index (χ0) is 8.27. The maximum atomic E-state index is 10.5. The van der Waals surface area contributed by atoms with Gasteiger partial charge in [0.05, 0.1) is 0 Å². The first-order valence-electron chi connectivity index (χ1n) is 2.93. The summed E-state index contributed by atoms with van der Waals surface area (Å²) >= 11 is 0. The monoisotopic (exact) mass is 161 g/mol. The van der Waals surface area contributed by atoms with Crippen LogP contribution in [0.4, 0.5) is 0 Å². The molecule has 1 aliphatic rings. The second-order valence-electron chi connectivity index (χ2n) is 1.97. The molecule has 1 N–H and O–H groups in total. The first-order valence-corrected chi connectivity index (χ1v) is 2.93. The van der Waals surface area contributed by atoms with Crippen molar-refractivity contribution in [2.24, 2.45) is 0 Å². The lowest BCUT2D eigenvalue weighted by Gasteiger charge is -2.17. The topological polar surface area (TPSA) is 76.1 Å². The number of carbonyl (C=O) groups excluding carboxylic acids is 2. The highest BCUT2D eigenvalue weighted by Crippen LogP contribution is 1.97. The molecule has 0 radical (unpaired) electrons. The van der Waals surface area contributed by atoms with Crippen LogP contribution in [0, 0.1) is 0 Å². The number of ether oxygens (including phenoxy) is 2. The Bertz CT molecular complexity index is 162. The van der Waals surface area contributed by atoms with E-state index in [0.717, 1.165) is 0 Å². The molecule has 0 saturated carbocycles. The SMILES string of the molecule is O=C1CC(=O)OCN(O)CO1. The molecule has 0 amide bonds. The summed E-state index contributed by atoms with van der Waals surface area (Å²) in [4.78, 5) is 21.1. The minimum Gasteiger partial charge on any atom is -0.447 e. The van der Waals surface area contributed by atoms with Gasteiger partial charge in [0.1, 0.15) is 6.42 Å². The van der Waals surface area contributed by atoms with Crippen molar-refractivity contribution in [3.05, 3.63) is 0 Å². The highest BCUT2D eigenvalue weighted by molar-refractivity contribution is 5.91. The predicted molar refractivity (Wildman–Crippen MR) is 30.2 cm³/mol. The number of rotatable bonds is 0. The van der Waals surface area contributed by atoms with Crippen molar-refractivity contribution in [2.45, 2.75) is 6.42 Å². The molecule has 1 saturated heterocycles. The van der Waals surface area contributed by atoms with Crippen LogP contribution < -0.4 is 0 Å². The molecule has 11 heavy (non-hydrogen) atoms. The van der Waals surface area contributed by atoms with Gasteiger partial charge < -0.3 is 14.7 Å². The Morgan fingerprint density at radius 1 is 1.18 bits per heavy atom. The molecule has 0 aromatic rings. The van der Waals surface area contributed by atoms with Gasteiger partial charge in [-0.15, -0.1) is 5.06 Å². The highest BCUT2D eigenvalue weighted by atomic mass is 16.7. The van der Waals surface area contributed by atoms with E-state index in [9.17, 15) is 9.59 Å².